The molecule has 0 aliphatic carbocycles. The molecular weight excluding hydrogens is 384 g/mol. The van der Waals surface area contributed by atoms with Crippen LogP contribution in [-0.4, -0.2) is 0 Å². The summed E-state index contributed by atoms with van der Waals surface area (Å²) < 4.78 is 0. The van der Waals surface area contributed by atoms with Crippen LogP contribution in [-0.2, 0) is 0 Å². The summed E-state index contributed by atoms with van der Waals surface area (Å²) in [5, 5.41) is 2.13. The van der Waals surface area contributed by atoms with E-state index in [2.05, 4.69) is 128 Å². The van der Waals surface area contributed by atoms with E-state index < -0.39 is 0 Å². The highest BCUT2D eigenvalue weighted by atomic mass is 32.2. The van der Waals surface area contributed by atoms with Crippen molar-refractivity contribution < 1.29 is 0 Å². The molecule has 0 radical (unpaired) electrons. The average Bonchev–Trinajstić information content (AvgIpc) is 2.76. The number of nitrogens with zero attached hydrogens (tertiary/aromatic N) is 1. The minimum atomic E-state index is 1.05. The molecule has 4 rings (SSSR count). The Kier molecular flexibility index (Phi) is 6.10. The van der Waals surface area contributed by atoms with Crippen molar-refractivity contribution in [3.05, 3.63) is 114 Å². The maximum absolute atomic E-state index is 3.56. The van der Waals surface area contributed by atoms with Gasteiger partial charge in [0.05, 0.1) is 17.1 Å². The molecule has 0 aromatic heterocycles. The van der Waals surface area contributed by atoms with Crippen molar-refractivity contribution in [2.45, 2.75) is 30.6 Å². The molecule has 4 aromatic carbocycles. The Balaban J connectivity index is 1.60. The molecule has 0 amide bonds. The van der Waals surface area contributed by atoms with Crippen LogP contribution in [0.15, 0.2) is 107 Å². The van der Waals surface area contributed by atoms with Crippen LogP contribution in [0.25, 0.3) is 0 Å². The first kappa shape index (κ1) is 20.1. The number of rotatable bonds is 6. The van der Waals surface area contributed by atoms with E-state index in [9.17, 15) is 0 Å². The normalized spacial score (nSPS) is 10.6. The molecule has 3 heteroatoms. The monoisotopic (exact) mass is 410 g/mol. The lowest BCUT2D eigenvalue weighted by molar-refractivity contribution is 1.15. The van der Waals surface area contributed by atoms with Crippen molar-refractivity contribution >= 4 is 28.8 Å². The molecule has 1 N–H and O–H groups in total. The molecule has 0 heterocycles. The maximum atomic E-state index is 3.56. The standard InChI is InChI=1S/C27H26N2S/c1-20-4-10-23(11-5-20)28-29(24-12-6-21(2)7-13-24)25-14-18-27(19-15-25)30-26-16-8-22(3)9-17-26/h4-19,28H,1-3H3. The van der Waals surface area contributed by atoms with E-state index in [1.165, 1.54) is 26.5 Å². The number of benzene rings is 4. The third-order valence-electron chi connectivity index (χ3n) is 4.94. The predicted molar refractivity (Wildman–Crippen MR) is 130 cm³/mol. The second kappa shape index (κ2) is 9.10. The largest absolute Gasteiger partial charge is 0.294 e. The molecule has 150 valence electrons. The summed E-state index contributed by atoms with van der Waals surface area (Å²) in [4.78, 5) is 2.48. The van der Waals surface area contributed by atoms with Gasteiger partial charge >= 0.3 is 0 Å². The van der Waals surface area contributed by atoms with Crippen molar-refractivity contribution in [3.8, 4) is 0 Å². The average molecular weight is 411 g/mol. The van der Waals surface area contributed by atoms with Crippen molar-refractivity contribution in [1.29, 1.82) is 0 Å². The number of nitrogens with one attached hydrogen (secondary N) is 1. The van der Waals surface area contributed by atoms with E-state index in [4.69, 9.17) is 0 Å². The Morgan fingerprint density at radius 3 is 1.37 bits per heavy atom. The lowest BCUT2D eigenvalue weighted by Gasteiger charge is -2.27. The van der Waals surface area contributed by atoms with Crippen LogP contribution < -0.4 is 10.4 Å². The van der Waals surface area contributed by atoms with Gasteiger partial charge in [-0.05, 0) is 81.4 Å². The Morgan fingerprint density at radius 1 is 0.500 bits per heavy atom. The van der Waals surface area contributed by atoms with Gasteiger partial charge in [-0.3, -0.25) is 10.4 Å². The van der Waals surface area contributed by atoms with Gasteiger partial charge in [0.1, 0.15) is 0 Å². The van der Waals surface area contributed by atoms with Crippen LogP contribution in [0.1, 0.15) is 16.7 Å². The molecule has 0 saturated heterocycles. The summed E-state index contributed by atoms with van der Waals surface area (Å²) in [6.07, 6.45) is 0. The summed E-state index contributed by atoms with van der Waals surface area (Å²) in [6, 6.07) is 34.4. The highest BCUT2D eigenvalue weighted by Crippen LogP contribution is 2.32. The van der Waals surface area contributed by atoms with Crippen LogP contribution in [0.5, 0.6) is 0 Å². The van der Waals surface area contributed by atoms with Crippen LogP contribution in [0.2, 0.25) is 0 Å². The molecule has 0 atom stereocenters. The molecule has 4 aromatic rings. The van der Waals surface area contributed by atoms with Gasteiger partial charge in [-0.1, -0.05) is 64.9 Å². The fourth-order valence-corrected chi connectivity index (χ4v) is 3.95. The van der Waals surface area contributed by atoms with Crippen molar-refractivity contribution in [2.24, 2.45) is 0 Å². The summed E-state index contributed by atoms with van der Waals surface area (Å²) in [7, 11) is 0. The van der Waals surface area contributed by atoms with Gasteiger partial charge in [0.25, 0.3) is 0 Å². The molecule has 0 saturated carbocycles. The fourth-order valence-electron chi connectivity index (χ4n) is 3.13. The minimum Gasteiger partial charge on any atom is -0.294 e. The molecule has 0 fully saturated rings. The highest BCUT2D eigenvalue weighted by molar-refractivity contribution is 7.99. The molecule has 30 heavy (non-hydrogen) atoms. The first-order valence-corrected chi connectivity index (χ1v) is 10.9. The molecular formula is C27H26N2S. The summed E-state index contributed by atoms with van der Waals surface area (Å²) in [6.45, 7) is 6.33. The maximum Gasteiger partial charge on any atom is 0.0631 e. The molecule has 2 nitrogen and oxygen atoms in total. The Bertz CT molecular complexity index is 1080. The summed E-state index contributed by atoms with van der Waals surface area (Å²) in [5.74, 6) is 0. The van der Waals surface area contributed by atoms with Gasteiger partial charge in [0.2, 0.25) is 0 Å². The van der Waals surface area contributed by atoms with E-state index in [-0.39, 0.29) is 0 Å². The third kappa shape index (κ3) is 5.05. The molecule has 0 aliphatic heterocycles. The number of anilines is 3. The number of hydrazine groups is 1. The Labute approximate surface area is 183 Å². The lowest BCUT2D eigenvalue weighted by atomic mass is 10.2. The summed E-state index contributed by atoms with van der Waals surface area (Å²) >= 11 is 1.78. The van der Waals surface area contributed by atoms with Crippen LogP contribution in [0, 0.1) is 20.8 Å². The van der Waals surface area contributed by atoms with Gasteiger partial charge in [-0.25, -0.2) is 0 Å². The zero-order valence-electron chi connectivity index (χ0n) is 17.6. The first-order chi connectivity index (χ1) is 14.6. The van der Waals surface area contributed by atoms with E-state index in [1.807, 2.05) is 0 Å². The van der Waals surface area contributed by atoms with Gasteiger partial charge in [0.15, 0.2) is 0 Å². The van der Waals surface area contributed by atoms with Gasteiger partial charge in [-0.15, -0.1) is 0 Å². The molecule has 0 unspecified atom stereocenters. The first-order valence-electron chi connectivity index (χ1n) is 10.1. The lowest BCUT2D eigenvalue weighted by Crippen LogP contribution is -2.24. The Morgan fingerprint density at radius 2 is 0.867 bits per heavy atom. The molecule has 0 spiro atoms. The second-order valence-corrected chi connectivity index (χ2v) is 8.70. The zero-order valence-corrected chi connectivity index (χ0v) is 18.4. The smallest absolute Gasteiger partial charge is 0.0631 e. The quantitative estimate of drug-likeness (QED) is 0.325. The van der Waals surface area contributed by atoms with E-state index in [1.54, 1.807) is 11.8 Å². The third-order valence-corrected chi connectivity index (χ3v) is 5.95. The summed E-state index contributed by atoms with van der Waals surface area (Å²) in [5.41, 5.74) is 10.6. The number of hydrogen-bond donors (Lipinski definition) is 1. The van der Waals surface area contributed by atoms with Gasteiger partial charge in [0, 0.05) is 9.79 Å². The van der Waals surface area contributed by atoms with E-state index in [0.29, 0.717) is 0 Å². The Hall–Kier alpha value is -3.17. The van der Waals surface area contributed by atoms with Gasteiger partial charge < -0.3 is 0 Å². The SMILES string of the molecule is Cc1ccc(NN(c2ccc(C)cc2)c2ccc(Sc3ccc(C)cc3)cc2)cc1. The van der Waals surface area contributed by atoms with Gasteiger partial charge in [-0.2, -0.15) is 0 Å². The van der Waals surface area contributed by atoms with Crippen molar-refractivity contribution in [2.75, 3.05) is 10.4 Å². The zero-order chi connectivity index (χ0) is 20.9. The van der Waals surface area contributed by atoms with E-state index >= 15 is 0 Å². The fraction of sp³-hybridized carbons (Fsp3) is 0.111. The highest BCUT2D eigenvalue weighted by Gasteiger charge is 2.10. The van der Waals surface area contributed by atoms with Crippen LogP contribution in [0.3, 0.4) is 0 Å². The number of aryl methyl sites for hydroxylation is 3. The van der Waals surface area contributed by atoms with Crippen molar-refractivity contribution in [3.63, 3.8) is 0 Å². The van der Waals surface area contributed by atoms with Crippen LogP contribution >= 0.6 is 11.8 Å². The van der Waals surface area contributed by atoms with Crippen molar-refractivity contribution in [1.82, 2.24) is 0 Å². The topological polar surface area (TPSA) is 15.3 Å². The minimum absolute atomic E-state index is 1.05. The number of hydrogen-bond acceptors (Lipinski definition) is 3. The molecule has 0 bridgehead atoms. The molecule has 0 aliphatic rings. The van der Waals surface area contributed by atoms with Crippen LogP contribution in [0.4, 0.5) is 17.1 Å². The second-order valence-electron chi connectivity index (χ2n) is 7.56. The predicted octanol–water partition coefficient (Wildman–Crippen LogP) is 7.93. The van der Waals surface area contributed by atoms with E-state index in [0.717, 1.165) is 17.1 Å².